The third kappa shape index (κ3) is 4.15. The topological polar surface area (TPSA) is 60.9 Å². The first-order valence-electron chi connectivity index (χ1n) is 6.92. The molecule has 0 aliphatic carbocycles. The number of aliphatic carboxylic acids is 1. The van der Waals surface area contributed by atoms with Crippen LogP contribution in [0.25, 0.3) is 6.08 Å². The summed E-state index contributed by atoms with van der Waals surface area (Å²) in [5, 5.41) is 10.4. The zero-order valence-electron chi connectivity index (χ0n) is 12.3. The number of piperidine rings is 1. The Morgan fingerprint density at radius 1 is 1.43 bits per heavy atom. The maximum absolute atomic E-state index is 12.5. The number of rotatable bonds is 4. The first kappa shape index (κ1) is 15.7. The average molecular weight is 308 g/mol. The number of carboxylic acids is 1. The number of carboxylic acid groups (broad SMARTS) is 1. The summed E-state index contributed by atoms with van der Waals surface area (Å²) in [6.07, 6.45) is 4.59. The smallest absolute Gasteiger partial charge is 0.328 e. The van der Waals surface area contributed by atoms with Crippen LogP contribution in [0.5, 0.6) is 0 Å². The molecular weight excluding hydrogens is 288 g/mol. The van der Waals surface area contributed by atoms with E-state index in [1.54, 1.807) is 11.4 Å². The van der Waals surface area contributed by atoms with Crippen molar-refractivity contribution >= 4 is 29.3 Å². The van der Waals surface area contributed by atoms with Gasteiger partial charge in [-0.15, -0.1) is 11.3 Å². The van der Waals surface area contributed by atoms with Gasteiger partial charge in [0.05, 0.1) is 5.56 Å². The van der Waals surface area contributed by atoms with Gasteiger partial charge in [0.1, 0.15) is 0 Å². The fourth-order valence-electron chi connectivity index (χ4n) is 2.46. The van der Waals surface area contributed by atoms with Gasteiger partial charge >= 0.3 is 5.97 Å². The molecule has 1 fully saturated rings. The lowest BCUT2D eigenvalue weighted by Gasteiger charge is -2.35. The van der Waals surface area contributed by atoms with Crippen molar-refractivity contribution < 1.29 is 14.7 Å². The van der Waals surface area contributed by atoms with Crippen molar-refractivity contribution in [3.63, 3.8) is 0 Å². The lowest BCUT2D eigenvalue weighted by atomic mass is 10.0. The predicted octanol–water partition coefficient (Wildman–Crippen LogP) is 2.01. The van der Waals surface area contributed by atoms with Crippen LogP contribution in [-0.2, 0) is 4.79 Å². The highest BCUT2D eigenvalue weighted by Crippen LogP contribution is 2.21. The highest BCUT2D eigenvalue weighted by molar-refractivity contribution is 7.11. The molecule has 0 bridgehead atoms. The summed E-state index contributed by atoms with van der Waals surface area (Å²) in [7, 11) is 3.95. The zero-order valence-corrected chi connectivity index (χ0v) is 13.1. The minimum Gasteiger partial charge on any atom is -0.478 e. The van der Waals surface area contributed by atoms with Crippen LogP contribution in [-0.4, -0.2) is 60.0 Å². The van der Waals surface area contributed by atoms with Crippen molar-refractivity contribution in [2.24, 2.45) is 0 Å². The molecular formula is C15H20N2O3S. The molecule has 0 atom stereocenters. The van der Waals surface area contributed by atoms with Crippen LogP contribution < -0.4 is 0 Å². The molecule has 6 heteroatoms. The maximum Gasteiger partial charge on any atom is 0.328 e. The van der Waals surface area contributed by atoms with E-state index < -0.39 is 5.97 Å². The molecule has 1 aromatic heterocycles. The van der Waals surface area contributed by atoms with E-state index in [0.717, 1.165) is 36.9 Å². The van der Waals surface area contributed by atoms with E-state index in [0.29, 0.717) is 5.56 Å². The van der Waals surface area contributed by atoms with Gasteiger partial charge in [0.15, 0.2) is 0 Å². The van der Waals surface area contributed by atoms with Crippen molar-refractivity contribution in [3.05, 3.63) is 28.0 Å². The van der Waals surface area contributed by atoms with E-state index in [-0.39, 0.29) is 11.9 Å². The maximum atomic E-state index is 12.5. The molecule has 1 saturated heterocycles. The summed E-state index contributed by atoms with van der Waals surface area (Å²) < 4.78 is 0. The summed E-state index contributed by atoms with van der Waals surface area (Å²) >= 11 is 1.38. The van der Waals surface area contributed by atoms with Gasteiger partial charge in [0.2, 0.25) is 0 Å². The van der Waals surface area contributed by atoms with Gasteiger partial charge in [-0.05, 0) is 45.1 Å². The minimum absolute atomic E-state index is 0.00998. The summed E-state index contributed by atoms with van der Waals surface area (Å²) in [4.78, 5) is 27.8. The van der Waals surface area contributed by atoms with Crippen LogP contribution in [0.3, 0.4) is 0 Å². The molecule has 0 aromatic carbocycles. The SMILES string of the molecule is CN1CCC(N(C)C(=O)c2csc(C=CC(=O)O)c2)CC1. The van der Waals surface area contributed by atoms with Gasteiger partial charge in [-0.3, -0.25) is 4.79 Å². The molecule has 1 N–H and O–H groups in total. The third-order valence-corrected chi connectivity index (χ3v) is 4.71. The van der Waals surface area contributed by atoms with Gasteiger partial charge < -0.3 is 14.9 Å². The quantitative estimate of drug-likeness (QED) is 0.864. The van der Waals surface area contributed by atoms with Crippen molar-refractivity contribution in [2.45, 2.75) is 18.9 Å². The van der Waals surface area contributed by atoms with Crippen LogP contribution in [0.2, 0.25) is 0 Å². The van der Waals surface area contributed by atoms with E-state index >= 15 is 0 Å². The Labute approximate surface area is 128 Å². The molecule has 0 spiro atoms. The molecule has 0 saturated carbocycles. The Morgan fingerprint density at radius 2 is 2.10 bits per heavy atom. The lowest BCUT2D eigenvalue weighted by Crippen LogP contribution is -2.44. The molecule has 2 heterocycles. The molecule has 1 aliphatic rings. The van der Waals surface area contributed by atoms with Crippen molar-refractivity contribution in [2.75, 3.05) is 27.2 Å². The van der Waals surface area contributed by atoms with Crippen molar-refractivity contribution in [1.29, 1.82) is 0 Å². The number of carbonyl (C=O) groups excluding carboxylic acids is 1. The van der Waals surface area contributed by atoms with Crippen LogP contribution in [0, 0.1) is 0 Å². The molecule has 114 valence electrons. The van der Waals surface area contributed by atoms with Crippen LogP contribution >= 0.6 is 11.3 Å². The number of hydrogen-bond acceptors (Lipinski definition) is 4. The molecule has 1 aliphatic heterocycles. The van der Waals surface area contributed by atoms with E-state index in [2.05, 4.69) is 11.9 Å². The van der Waals surface area contributed by atoms with Crippen LogP contribution in [0.1, 0.15) is 28.1 Å². The number of nitrogens with zero attached hydrogens (tertiary/aromatic N) is 2. The van der Waals surface area contributed by atoms with E-state index in [9.17, 15) is 9.59 Å². The second-order valence-corrected chi connectivity index (χ2v) is 6.30. The van der Waals surface area contributed by atoms with Crippen LogP contribution in [0.15, 0.2) is 17.5 Å². The van der Waals surface area contributed by atoms with E-state index in [1.165, 1.54) is 17.4 Å². The minimum atomic E-state index is -0.986. The summed E-state index contributed by atoms with van der Waals surface area (Å²) in [5.41, 5.74) is 0.631. The molecule has 0 radical (unpaired) electrons. The van der Waals surface area contributed by atoms with Gasteiger partial charge in [0, 0.05) is 29.4 Å². The molecule has 0 unspecified atom stereocenters. The van der Waals surface area contributed by atoms with Gasteiger partial charge in [0.25, 0.3) is 5.91 Å². The highest BCUT2D eigenvalue weighted by atomic mass is 32.1. The van der Waals surface area contributed by atoms with Gasteiger partial charge in [-0.25, -0.2) is 4.79 Å². The fraction of sp³-hybridized carbons (Fsp3) is 0.467. The molecule has 1 aromatic rings. The number of hydrogen-bond donors (Lipinski definition) is 1. The molecule has 5 nitrogen and oxygen atoms in total. The Bertz CT molecular complexity index is 545. The van der Waals surface area contributed by atoms with Crippen LogP contribution in [0.4, 0.5) is 0 Å². The number of amides is 1. The Balaban J connectivity index is 2.01. The van der Waals surface area contributed by atoms with Crippen molar-refractivity contribution in [1.82, 2.24) is 9.80 Å². The average Bonchev–Trinajstić information content (AvgIpc) is 2.93. The standard InChI is InChI=1S/C15H20N2O3S/c1-16-7-5-12(6-8-16)17(2)15(20)11-9-13(21-10-11)3-4-14(18)19/h3-4,9-10,12H,5-8H2,1-2H3,(H,18,19). The normalized spacial score (nSPS) is 17.2. The van der Waals surface area contributed by atoms with E-state index in [1.807, 2.05) is 11.9 Å². The van der Waals surface area contributed by atoms with Gasteiger partial charge in [-0.1, -0.05) is 0 Å². The first-order valence-corrected chi connectivity index (χ1v) is 7.80. The summed E-state index contributed by atoms with van der Waals surface area (Å²) in [6.45, 7) is 2.02. The van der Waals surface area contributed by atoms with Crippen molar-refractivity contribution in [3.8, 4) is 0 Å². The lowest BCUT2D eigenvalue weighted by molar-refractivity contribution is -0.131. The fourth-order valence-corrected chi connectivity index (χ4v) is 3.23. The second kappa shape index (κ2) is 6.87. The van der Waals surface area contributed by atoms with E-state index in [4.69, 9.17) is 5.11 Å². The summed E-state index contributed by atoms with van der Waals surface area (Å²) in [6, 6.07) is 2.03. The summed E-state index contributed by atoms with van der Waals surface area (Å²) in [5.74, 6) is -0.976. The number of likely N-dealkylation sites (tertiary alicyclic amines) is 1. The molecule has 1 amide bonds. The van der Waals surface area contributed by atoms with Gasteiger partial charge in [-0.2, -0.15) is 0 Å². The second-order valence-electron chi connectivity index (χ2n) is 5.36. The monoisotopic (exact) mass is 308 g/mol. The number of thiophene rings is 1. The third-order valence-electron chi connectivity index (χ3n) is 3.81. The zero-order chi connectivity index (χ0) is 15.4. The number of carbonyl (C=O) groups is 2. The Kier molecular flexibility index (Phi) is 5.14. The first-order chi connectivity index (χ1) is 9.97. The Hall–Kier alpha value is -1.66. The largest absolute Gasteiger partial charge is 0.478 e. The predicted molar refractivity (Wildman–Crippen MR) is 83.6 cm³/mol. The highest BCUT2D eigenvalue weighted by Gasteiger charge is 2.25. The molecule has 21 heavy (non-hydrogen) atoms. The molecule has 2 rings (SSSR count). The Morgan fingerprint density at radius 3 is 2.71 bits per heavy atom.